The quantitative estimate of drug-likeness (QED) is 0.518. The molecule has 0 saturated carbocycles. The largest absolute Gasteiger partial charge is 0.595 e. The Balaban J connectivity index is 1.19. The smallest absolute Gasteiger partial charge is 0.250 e. The number of nitrogens with one attached hydrogen (secondary N) is 2. The average Bonchev–Trinajstić information content (AvgIpc) is 2.95. The van der Waals surface area contributed by atoms with Crippen LogP contribution in [-0.4, -0.2) is 58.8 Å². The lowest BCUT2D eigenvalue weighted by molar-refractivity contribution is -0.991. The number of nitrogens with zero attached hydrogens (tertiary/aromatic N) is 3. The number of quaternary nitrogens is 1. The van der Waals surface area contributed by atoms with Crippen LogP contribution in [0.5, 0.6) is 0 Å². The molecule has 5 aliphatic rings. The first-order chi connectivity index (χ1) is 19.0. The molecule has 7 atom stereocenters. The van der Waals surface area contributed by atoms with Crippen LogP contribution in [-0.2, 0) is 17.8 Å². The predicted octanol–water partition coefficient (Wildman–Crippen LogP) is 1.80. The lowest BCUT2D eigenvalue weighted by atomic mass is 9.70. The molecule has 9 nitrogen and oxygen atoms in total. The highest BCUT2D eigenvalue weighted by molar-refractivity contribution is 5.82. The monoisotopic (exact) mass is 533 g/mol. The Kier molecular flexibility index (Phi) is 6.50. The van der Waals surface area contributed by atoms with Crippen LogP contribution in [0.1, 0.15) is 55.7 Å². The van der Waals surface area contributed by atoms with Gasteiger partial charge in [0.25, 0.3) is 5.56 Å². The van der Waals surface area contributed by atoms with Gasteiger partial charge in [0, 0.05) is 67.2 Å². The summed E-state index contributed by atoms with van der Waals surface area (Å²) in [7, 11) is 0. The third-order valence-corrected chi connectivity index (χ3v) is 10.4. The van der Waals surface area contributed by atoms with E-state index in [2.05, 4.69) is 21.2 Å². The van der Waals surface area contributed by atoms with Gasteiger partial charge < -0.3 is 24.9 Å². The van der Waals surface area contributed by atoms with Gasteiger partial charge in [-0.15, -0.1) is 0 Å². The summed E-state index contributed by atoms with van der Waals surface area (Å²) in [6.07, 6.45) is 7.64. The molecule has 1 amide bonds. The second kappa shape index (κ2) is 10.0. The normalized spacial score (nSPS) is 32.3. The van der Waals surface area contributed by atoms with Crippen molar-refractivity contribution in [3.05, 3.63) is 63.2 Å². The highest BCUT2D eigenvalue weighted by Gasteiger charge is 2.49. The predicted molar refractivity (Wildman–Crippen MR) is 147 cm³/mol. The Morgan fingerprint density at radius 3 is 2.85 bits per heavy atom. The minimum absolute atomic E-state index is 0.0118. The number of anilines is 1. The first-order valence-corrected chi connectivity index (χ1v) is 14.8. The molecule has 0 spiro atoms. The number of benzene rings is 1. The van der Waals surface area contributed by atoms with E-state index in [1.807, 2.05) is 16.7 Å². The number of hydrogen-bond acceptors (Lipinski definition) is 6. The van der Waals surface area contributed by atoms with E-state index >= 15 is 0 Å². The minimum atomic E-state index is -0.945. The van der Waals surface area contributed by atoms with E-state index in [-0.39, 0.29) is 40.9 Å². The van der Waals surface area contributed by atoms with Gasteiger partial charge in [-0.3, -0.25) is 9.59 Å². The Bertz CT molecular complexity index is 1310. The van der Waals surface area contributed by atoms with Gasteiger partial charge in [-0.25, -0.2) is 5.21 Å². The molecule has 0 aliphatic carbocycles. The standard InChI is InChI=1S/C30H39N5O4/c36-28-8-3-7-26-21-13-22(18-33(26)28)29-24(15-20-14-23(35(38)39)9-10-27(20)34(29)17-21)30(37)31-16-19-5-4-12-32-11-2-1-6-25(19)32/h3,7-10,14,19,21-22,24-25,29,35,38H,1-2,4-6,11-13,15-18H2,(H,31,37)/t19-,21?,22?,24+,25+,29-/m0/s1. The van der Waals surface area contributed by atoms with E-state index in [0.29, 0.717) is 31.5 Å². The number of rotatable bonds is 4. The van der Waals surface area contributed by atoms with Gasteiger partial charge in [0.05, 0.1) is 5.92 Å². The summed E-state index contributed by atoms with van der Waals surface area (Å²) in [5.74, 6) is 0.683. The maximum absolute atomic E-state index is 14.0. The Morgan fingerprint density at radius 1 is 1.10 bits per heavy atom. The van der Waals surface area contributed by atoms with Crippen molar-refractivity contribution < 1.29 is 15.2 Å². The van der Waals surface area contributed by atoms with Crippen molar-refractivity contribution in [1.29, 1.82) is 0 Å². The number of carbonyl (C=O) groups excluding carboxylic acids is 1. The summed E-state index contributed by atoms with van der Waals surface area (Å²) in [5, 5.41) is 23.9. The Labute approximate surface area is 228 Å². The molecule has 2 bridgehead atoms. The maximum Gasteiger partial charge on any atom is 0.250 e. The molecule has 208 valence electrons. The van der Waals surface area contributed by atoms with E-state index in [4.69, 9.17) is 0 Å². The molecular weight excluding hydrogens is 494 g/mol. The average molecular weight is 534 g/mol. The van der Waals surface area contributed by atoms with Crippen LogP contribution in [0, 0.1) is 23.0 Å². The fourth-order valence-corrected chi connectivity index (χ4v) is 8.66. The molecule has 39 heavy (non-hydrogen) atoms. The fourth-order valence-electron chi connectivity index (χ4n) is 8.66. The molecule has 9 heteroatoms. The van der Waals surface area contributed by atoms with Crippen LogP contribution in [0.25, 0.3) is 0 Å². The number of fused-ring (bicyclic) bond motifs is 9. The molecule has 3 fully saturated rings. The van der Waals surface area contributed by atoms with Gasteiger partial charge in [0.1, 0.15) is 0 Å². The second-order valence-electron chi connectivity index (χ2n) is 12.4. The van der Waals surface area contributed by atoms with Gasteiger partial charge in [-0.2, -0.15) is 5.23 Å². The van der Waals surface area contributed by atoms with E-state index in [9.17, 15) is 20.0 Å². The zero-order valence-electron chi connectivity index (χ0n) is 22.4. The van der Waals surface area contributed by atoms with Crippen molar-refractivity contribution in [1.82, 2.24) is 14.8 Å². The summed E-state index contributed by atoms with van der Waals surface area (Å²) >= 11 is 0. The number of aromatic nitrogens is 1. The van der Waals surface area contributed by atoms with Crippen molar-refractivity contribution in [2.45, 2.75) is 69.5 Å². The van der Waals surface area contributed by atoms with Gasteiger partial charge in [0.15, 0.2) is 5.69 Å². The third-order valence-electron chi connectivity index (χ3n) is 10.4. The van der Waals surface area contributed by atoms with Gasteiger partial charge in [0.2, 0.25) is 5.91 Å². The molecule has 6 heterocycles. The van der Waals surface area contributed by atoms with Crippen molar-refractivity contribution in [2.75, 3.05) is 31.1 Å². The van der Waals surface area contributed by atoms with Crippen molar-refractivity contribution in [3.63, 3.8) is 0 Å². The van der Waals surface area contributed by atoms with Crippen LogP contribution in [0.2, 0.25) is 0 Å². The van der Waals surface area contributed by atoms with Crippen LogP contribution >= 0.6 is 0 Å². The van der Waals surface area contributed by atoms with E-state index < -0.39 is 5.23 Å². The van der Waals surface area contributed by atoms with Crippen molar-refractivity contribution >= 4 is 17.3 Å². The topological polar surface area (TPSA) is 105 Å². The molecule has 2 aromatic rings. The van der Waals surface area contributed by atoms with Crippen LogP contribution in [0.15, 0.2) is 41.2 Å². The van der Waals surface area contributed by atoms with E-state index in [0.717, 1.165) is 36.3 Å². The van der Waals surface area contributed by atoms with Gasteiger partial charge >= 0.3 is 0 Å². The van der Waals surface area contributed by atoms with Crippen LogP contribution in [0.4, 0.5) is 11.4 Å². The molecular formula is C30H39N5O4. The third kappa shape index (κ3) is 4.40. The summed E-state index contributed by atoms with van der Waals surface area (Å²) in [4.78, 5) is 31.8. The summed E-state index contributed by atoms with van der Waals surface area (Å²) in [5.41, 5.74) is 3.35. The summed E-state index contributed by atoms with van der Waals surface area (Å²) < 4.78 is 1.92. The lowest BCUT2D eigenvalue weighted by Gasteiger charge is -2.54. The lowest BCUT2D eigenvalue weighted by Crippen LogP contribution is -2.99. The highest BCUT2D eigenvalue weighted by Crippen LogP contribution is 2.47. The van der Waals surface area contributed by atoms with Gasteiger partial charge in [-0.05, 0) is 81.1 Å². The fraction of sp³-hybridized carbons (Fsp3) is 0.600. The number of piperidine rings is 3. The Morgan fingerprint density at radius 2 is 1.97 bits per heavy atom. The van der Waals surface area contributed by atoms with Gasteiger partial charge in [-0.1, -0.05) is 12.5 Å². The molecule has 1 aromatic carbocycles. The molecule has 5 aliphatic heterocycles. The second-order valence-corrected chi connectivity index (χ2v) is 12.4. The first-order valence-electron chi connectivity index (χ1n) is 14.8. The molecule has 1 aromatic heterocycles. The molecule has 3 saturated heterocycles. The highest BCUT2D eigenvalue weighted by atomic mass is 16.8. The maximum atomic E-state index is 14.0. The van der Waals surface area contributed by atoms with E-state index in [1.54, 1.807) is 18.2 Å². The SMILES string of the molecule is O=C(NC[C@@H]1CCCN2CCCC[C@H]12)[C@@H]1Cc2cc([NH+]([O-])O)ccc2N2CC3CC(Cn4c3cccc4=O)[C@@H]12. The minimum Gasteiger partial charge on any atom is -0.595 e. The summed E-state index contributed by atoms with van der Waals surface area (Å²) in [6, 6.07) is 11.5. The van der Waals surface area contributed by atoms with Crippen LogP contribution in [0.3, 0.4) is 0 Å². The number of hydrogen-bond donors (Lipinski definition) is 3. The summed E-state index contributed by atoms with van der Waals surface area (Å²) in [6.45, 7) is 4.43. The molecule has 3 unspecified atom stereocenters. The molecule has 0 radical (unpaired) electrons. The van der Waals surface area contributed by atoms with E-state index in [1.165, 1.54) is 38.8 Å². The van der Waals surface area contributed by atoms with Crippen LogP contribution < -0.4 is 21.0 Å². The zero-order chi connectivity index (χ0) is 26.7. The van der Waals surface area contributed by atoms with Crippen molar-refractivity contribution in [2.24, 2.45) is 17.8 Å². The number of amides is 1. The first kappa shape index (κ1) is 25.3. The number of pyridine rings is 1. The zero-order valence-corrected chi connectivity index (χ0v) is 22.4. The Hall–Kier alpha value is -2.72. The number of carbonyl (C=O) groups is 1. The molecule has 7 rings (SSSR count). The van der Waals surface area contributed by atoms with Crippen molar-refractivity contribution in [3.8, 4) is 0 Å². The molecule has 3 N–H and O–H groups in total.